The van der Waals surface area contributed by atoms with E-state index in [0.29, 0.717) is 23.4 Å². The number of hydrogen-bond donors (Lipinski definition) is 0. The Morgan fingerprint density at radius 3 is 2.26 bits per heavy atom. The minimum atomic E-state index is -4.16. The number of aryl methyl sites for hydroxylation is 1. The molecule has 8 nitrogen and oxygen atoms in total. The molecule has 0 fully saturated rings. The van der Waals surface area contributed by atoms with E-state index in [4.69, 9.17) is 9.47 Å². The molecule has 3 aromatic carbocycles. The second-order valence-electron chi connectivity index (χ2n) is 7.60. The molecule has 0 bridgehead atoms. The Bertz CT molecular complexity index is 1370. The highest BCUT2D eigenvalue weighted by Crippen LogP contribution is 2.39. The number of amides is 2. The minimum Gasteiger partial charge on any atom is -0.497 e. The number of carbonyl (C=O) groups is 2. The molecule has 1 aliphatic rings. The summed E-state index contributed by atoms with van der Waals surface area (Å²) in [5, 5.41) is 0. The quantitative estimate of drug-likeness (QED) is 0.486. The fourth-order valence-corrected chi connectivity index (χ4v) is 5.64. The zero-order valence-electron chi connectivity index (χ0n) is 19.0. The maximum absolute atomic E-state index is 13.8. The van der Waals surface area contributed by atoms with Crippen molar-refractivity contribution in [3.05, 3.63) is 83.4 Å². The van der Waals surface area contributed by atoms with Crippen LogP contribution < -0.4 is 13.9 Å². The monoisotopic (exact) mass is 480 g/mol. The van der Waals surface area contributed by atoms with Crippen LogP contribution in [0.2, 0.25) is 0 Å². The molecular weight excluding hydrogens is 456 g/mol. The lowest BCUT2D eigenvalue weighted by Gasteiger charge is -2.37. The molecule has 3 aromatic rings. The van der Waals surface area contributed by atoms with Gasteiger partial charge in [0, 0.05) is 0 Å². The van der Waals surface area contributed by atoms with Crippen LogP contribution in [0, 0.1) is 0 Å². The molecule has 0 unspecified atom stereocenters. The molecule has 176 valence electrons. The first-order valence-corrected chi connectivity index (χ1v) is 12.1. The Hall–Kier alpha value is -3.85. The Balaban J connectivity index is 1.90. The topological polar surface area (TPSA) is 93.2 Å². The average Bonchev–Trinajstić information content (AvgIpc) is 2.86. The van der Waals surface area contributed by atoms with Gasteiger partial charge in [0.05, 0.1) is 37.7 Å². The van der Waals surface area contributed by atoms with Crippen LogP contribution in [-0.2, 0) is 27.7 Å². The maximum Gasteiger partial charge on any atom is 0.343 e. The molecular formula is C25H24N2O6S. The predicted molar refractivity (Wildman–Crippen MR) is 128 cm³/mol. The van der Waals surface area contributed by atoms with Crippen LogP contribution >= 0.6 is 0 Å². The van der Waals surface area contributed by atoms with E-state index in [0.717, 1.165) is 9.87 Å². The Morgan fingerprint density at radius 1 is 0.912 bits per heavy atom. The van der Waals surface area contributed by atoms with E-state index in [9.17, 15) is 18.0 Å². The number of anilines is 2. The second-order valence-corrected chi connectivity index (χ2v) is 9.36. The molecule has 4 rings (SSSR count). The number of para-hydroxylation sites is 2. The van der Waals surface area contributed by atoms with Crippen LogP contribution in [0.15, 0.2) is 71.6 Å². The summed E-state index contributed by atoms with van der Waals surface area (Å²) in [6.07, 6.45) is 0.541. The molecule has 0 radical (unpaired) electrons. The number of ether oxygens (including phenoxy) is 2. The van der Waals surface area contributed by atoms with Crippen molar-refractivity contribution in [2.75, 3.05) is 23.4 Å². The standard InChI is InChI=1S/C25H24N2O6S/c1-4-17-9-5-6-10-21(17)27-25(29)26(22-11-7-8-12-23(22)34(27,30)31)16-18-15-19(32-2)13-14-20(18)24(28)33-3/h5-15H,4,16H2,1-3H3. The molecule has 34 heavy (non-hydrogen) atoms. The molecule has 0 spiro atoms. The van der Waals surface area contributed by atoms with E-state index >= 15 is 0 Å². The van der Waals surface area contributed by atoms with Crippen LogP contribution in [0.25, 0.3) is 0 Å². The number of fused-ring (bicyclic) bond motifs is 1. The lowest BCUT2D eigenvalue weighted by Crippen LogP contribution is -2.51. The number of urea groups is 1. The van der Waals surface area contributed by atoms with Crippen molar-refractivity contribution in [1.82, 2.24) is 0 Å². The number of hydrogen-bond acceptors (Lipinski definition) is 6. The summed E-state index contributed by atoms with van der Waals surface area (Å²) in [4.78, 5) is 27.6. The highest BCUT2D eigenvalue weighted by atomic mass is 32.2. The SMILES string of the molecule is CCc1ccccc1N1C(=O)N(Cc2cc(OC)ccc2C(=O)OC)c2ccccc2S1(=O)=O. The normalized spacial score (nSPS) is 14.5. The number of rotatable bonds is 6. The molecule has 0 aromatic heterocycles. The van der Waals surface area contributed by atoms with Crippen molar-refractivity contribution in [2.24, 2.45) is 0 Å². The molecule has 0 N–H and O–H groups in total. The van der Waals surface area contributed by atoms with Gasteiger partial charge in [0.15, 0.2) is 0 Å². The number of sulfonamides is 1. The number of carbonyl (C=O) groups excluding carboxylic acids is 2. The molecule has 0 saturated carbocycles. The average molecular weight is 481 g/mol. The summed E-state index contributed by atoms with van der Waals surface area (Å²) in [6, 6.07) is 17.3. The Kier molecular flexibility index (Phi) is 6.30. The second kappa shape index (κ2) is 9.18. The molecule has 9 heteroatoms. The van der Waals surface area contributed by atoms with Gasteiger partial charge in [-0.15, -0.1) is 0 Å². The van der Waals surface area contributed by atoms with Crippen molar-refractivity contribution >= 4 is 33.4 Å². The fourth-order valence-electron chi connectivity index (χ4n) is 4.01. The third-order valence-electron chi connectivity index (χ3n) is 5.72. The van der Waals surface area contributed by atoms with Gasteiger partial charge in [0.25, 0.3) is 10.0 Å². The lowest BCUT2D eigenvalue weighted by atomic mass is 10.1. The summed E-state index contributed by atoms with van der Waals surface area (Å²) < 4.78 is 38.2. The van der Waals surface area contributed by atoms with Crippen molar-refractivity contribution in [2.45, 2.75) is 24.8 Å². The summed E-state index contributed by atoms with van der Waals surface area (Å²) >= 11 is 0. The Labute approximate surface area is 198 Å². The molecule has 1 heterocycles. The third kappa shape index (κ3) is 3.88. The maximum atomic E-state index is 13.8. The van der Waals surface area contributed by atoms with E-state index in [1.807, 2.05) is 6.92 Å². The van der Waals surface area contributed by atoms with E-state index in [1.54, 1.807) is 60.7 Å². The first-order valence-electron chi connectivity index (χ1n) is 10.6. The summed E-state index contributed by atoms with van der Waals surface area (Å²) in [6.45, 7) is 1.82. The van der Waals surface area contributed by atoms with Gasteiger partial charge in [-0.05, 0) is 53.9 Å². The Morgan fingerprint density at radius 2 is 1.59 bits per heavy atom. The van der Waals surface area contributed by atoms with Crippen LogP contribution in [0.1, 0.15) is 28.4 Å². The van der Waals surface area contributed by atoms with E-state index in [-0.39, 0.29) is 22.7 Å². The smallest absolute Gasteiger partial charge is 0.343 e. The van der Waals surface area contributed by atoms with E-state index in [2.05, 4.69) is 0 Å². The lowest BCUT2D eigenvalue weighted by molar-refractivity contribution is 0.0599. The molecule has 2 amide bonds. The van der Waals surface area contributed by atoms with Gasteiger partial charge in [0.1, 0.15) is 10.6 Å². The zero-order chi connectivity index (χ0) is 24.5. The van der Waals surface area contributed by atoms with Gasteiger partial charge in [-0.1, -0.05) is 37.3 Å². The van der Waals surface area contributed by atoms with Gasteiger partial charge >= 0.3 is 12.0 Å². The van der Waals surface area contributed by atoms with Crippen molar-refractivity contribution in [3.8, 4) is 5.75 Å². The molecule has 0 atom stereocenters. The van der Waals surface area contributed by atoms with Crippen LogP contribution in [-0.4, -0.2) is 34.6 Å². The van der Waals surface area contributed by atoms with E-state index in [1.165, 1.54) is 25.2 Å². The van der Waals surface area contributed by atoms with Crippen LogP contribution in [0.5, 0.6) is 5.75 Å². The van der Waals surface area contributed by atoms with Crippen LogP contribution in [0.3, 0.4) is 0 Å². The number of nitrogens with zero attached hydrogens (tertiary/aromatic N) is 2. The zero-order valence-corrected chi connectivity index (χ0v) is 19.8. The van der Waals surface area contributed by atoms with Gasteiger partial charge in [0.2, 0.25) is 0 Å². The molecule has 0 aliphatic carbocycles. The summed E-state index contributed by atoms with van der Waals surface area (Å²) in [5.41, 5.74) is 1.96. The van der Waals surface area contributed by atoms with Crippen LogP contribution in [0.4, 0.5) is 16.2 Å². The third-order valence-corrected chi connectivity index (χ3v) is 7.45. The predicted octanol–water partition coefficient (Wildman–Crippen LogP) is 4.38. The summed E-state index contributed by atoms with van der Waals surface area (Å²) in [7, 11) is -1.40. The van der Waals surface area contributed by atoms with Crippen molar-refractivity contribution < 1.29 is 27.5 Å². The van der Waals surface area contributed by atoms with E-state index < -0.39 is 22.0 Å². The largest absolute Gasteiger partial charge is 0.497 e. The van der Waals surface area contributed by atoms with Gasteiger partial charge < -0.3 is 9.47 Å². The van der Waals surface area contributed by atoms with Crippen molar-refractivity contribution in [1.29, 1.82) is 0 Å². The number of benzene rings is 3. The van der Waals surface area contributed by atoms with Gasteiger partial charge in [-0.25, -0.2) is 18.0 Å². The first kappa shape index (κ1) is 23.3. The molecule has 0 saturated heterocycles. The molecule has 1 aliphatic heterocycles. The minimum absolute atomic E-state index is 0.00280. The highest BCUT2D eigenvalue weighted by molar-refractivity contribution is 7.94. The van der Waals surface area contributed by atoms with Gasteiger partial charge in [-0.3, -0.25) is 4.90 Å². The van der Waals surface area contributed by atoms with Crippen molar-refractivity contribution in [3.63, 3.8) is 0 Å². The summed E-state index contributed by atoms with van der Waals surface area (Å²) in [5.74, 6) is -0.0857. The first-order chi connectivity index (χ1) is 16.3. The van der Waals surface area contributed by atoms with Gasteiger partial charge in [-0.2, -0.15) is 4.31 Å². The highest BCUT2D eigenvalue weighted by Gasteiger charge is 2.43. The fraction of sp³-hybridized carbons (Fsp3) is 0.200. The number of esters is 1. The number of methoxy groups -OCH3 is 2.